The topological polar surface area (TPSA) is 58.5 Å². The first-order chi connectivity index (χ1) is 13.8. The molecule has 0 aliphatic carbocycles. The Labute approximate surface area is 189 Å². The number of fused-ring (bicyclic) bond motifs is 1. The van der Waals surface area contributed by atoms with E-state index in [-0.39, 0.29) is 23.9 Å². The number of benzene rings is 2. The third kappa shape index (κ3) is 4.09. The molecule has 1 aromatic heterocycles. The Morgan fingerprint density at radius 1 is 1.10 bits per heavy atom. The lowest BCUT2D eigenvalue weighted by molar-refractivity contribution is 0.601. The van der Waals surface area contributed by atoms with Crippen LogP contribution in [0.1, 0.15) is 16.7 Å². The van der Waals surface area contributed by atoms with Crippen LogP contribution in [0, 0.1) is 5.82 Å². The number of nitrogens with zero attached hydrogens (tertiary/aromatic N) is 1. The van der Waals surface area contributed by atoms with E-state index >= 15 is 0 Å². The Hall–Kier alpha value is -1.45. The van der Waals surface area contributed by atoms with E-state index in [1.165, 1.54) is 12.1 Å². The average Bonchev–Trinajstić information content (AvgIpc) is 2.93. The molecule has 4 rings (SSSR count). The number of aliphatic imine (C=N–C) groups is 1. The SMILES string of the molecule is O=S(=O)(Nc1ccc(C2=NCCc3cc(F)ccc32)cc1)c1c(Cl)sc(Cl)c1Br. The Morgan fingerprint density at radius 2 is 1.83 bits per heavy atom. The minimum absolute atomic E-state index is 0.0754. The molecule has 29 heavy (non-hydrogen) atoms. The number of anilines is 1. The van der Waals surface area contributed by atoms with E-state index in [2.05, 4.69) is 25.6 Å². The average molecular weight is 534 g/mol. The molecule has 3 aromatic rings. The third-order valence-electron chi connectivity index (χ3n) is 4.38. The van der Waals surface area contributed by atoms with Crippen molar-refractivity contribution in [3.63, 3.8) is 0 Å². The maximum atomic E-state index is 13.5. The van der Waals surface area contributed by atoms with Crippen LogP contribution in [-0.4, -0.2) is 20.7 Å². The smallest absolute Gasteiger partial charge is 0.265 e. The molecule has 0 saturated heterocycles. The number of hydrogen-bond acceptors (Lipinski definition) is 4. The van der Waals surface area contributed by atoms with Crippen LogP contribution in [0.15, 0.2) is 56.8 Å². The van der Waals surface area contributed by atoms with Gasteiger partial charge in [-0.2, -0.15) is 0 Å². The predicted octanol–water partition coefficient (Wildman–Crippen LogP) is 6.15. The van der Waals surface area contributed by atoms with Gasteiger partial charge in [-0.25, -0.2) is 12.8 Å². The molecule has 150 valence electrons. The van der Waals surface area contributed by atoms with Crippen LogP contribution in [0.5, 0.6) is 0 Å². The van der Waals surface area contributed by atoms with E-state index in [9.17, 15) is 12.8 Å². The molecule has 2 heterocycles. The molecular formula is C19H12BrCl2FN2O2S2. The standard InChI is InChI=1S/C19H12BrCl2FN2O2S2/c20-15-17(19(22)28-18(15)21)29(26,27)25-13-4-1-10(2-5-13)16-14-6-3-12(23)9-11(14)7-8-24-16/h1-6,9,25H,7-8H2. The van der Waals surface area contributed by atoms with Gasteiger partial charge < -0.3 is 0 Å². The maximum absolute atomic E-state index is 13.5. The summed E-state index contributed by atoms with van der Waals surface area (Å²) >= 11 is 16.1. The Bertz CT molecular complexity index is 1240. The Morgan fingerprint density at radius 3 is 2.48 bits per heavy atom. The lowest BCUT2D eigenvalue weighted by Crippen LogP contribution is -2.15. The van der Waals surface area contributed by atoms with Crippen LogP contribution in [0.4, 0.5) is 10.1 Å². The fraction of sp³-hybridized carbons (Fsp3) is 0.105. The first-order valence-corrected chi connectivity index (χ1v) is 12.2. The van der Waals surface area contributed by atoms with E-state index in [0.717, 1.165) is 33.7 Å². The molecule has 10 heteroatoms. The highest BCUT2D eigenvalue weighted by atomic mass is 79.9. The molecule has 4 nitrogen and oxygen atoms in total. The summed E-state index contributed by atoms with van der Waals surface area (Å²) < 4.78 is 42.0. The van der Waals surface area contributed by atoms with Gasteiger partial charge in [-0.15, -0.1) is 11.3 Å². The second-order valence-corrected chi connectivity index (χ2v) is 10.9. The van der Waals surface area contributed by atoms with Gasteiger partial charge in [0.2, 0.25) is 0 Å². The number of sulfonamides is 1. The van der Waals surface area contributed by atoms with Crippen LogP contribution in [0.2, 0.25) is 8.67 Å². The molecule has 1 aliphatic rings. The maximum Gasteiger partial charge on any atom is 0.265 e. The van der Waals surface area contributed by atoms with Gasteiger partial charge in [0.1, 0.15) is 19.4 Å². The lowest BCUT2D eigenvalue weighted by atomic mass is 9.93. The second kappa shape index (κ2) is 8.00. The van der Waals surface area contributed by atoms with Crippen molar-refractivity contribution in [2.24, 2.45) is 4.99 Å². The molecular weight excluding hydrogens is 522 g/mol. The van der Waals surface area contributed by atoms with Crippen molar-refractivity contribution < 1.29 is 12.8 Å². The van der Waals surface area contributed by atoms with Gasteiger partial charge in [0.15, 0.2) is 0 Å². The van der Waals surface area contributed by atoms with Crippen LogP contribution < -0.4 is 4.72 Å². The fourth-order valence-corrected chi connectivity index (χ4v) is 7.71. The number of thiophene rings is 1. The van der Waals surface area contributed by atoms with Gasteiger partial charge >= 0.3 is 0 Å². The number of halogens is 4. The van der Waals surface area contributed by atoms with E-state index in [4.69, 9.17) is 23.2 Å². The Kier molecular flexibility index (Phi) is 5.74. The Balaban J connectivity index is 1.62. The first kappa shape index (κ1) is 20.8. The van der Waals surface area contributed by atoms with Gasteiger partial charge in [-0.05, 0) is 58.2 Å². The van der Waals surface area contributed by atoms with Gasteiger partial charge in [0, 0.05) is 23.4 Å². The summed E-state index contributed by atoms with van der Waals surface area (Å²) in [6, 6.07) is 11.5. The van der Waals surface area contributed by atoms with Gasteiger partial charge in [-0.3, -0.25) is 9.71 Å². The van der Waals surface area contributed by atoms with Crippen molar-refractivity contribution in [3.8, 4) is 0 Å². The fourth-order valence-electron chi connectivity index (χ4n) is 3.09. The lowest BCUT2D eigenvalue weighted by Gasteiger charge is -2.17. The normalized spacial score (nSPS) is 13.7. The first-order valence-electron chi connectivity index (χ1n) is 8.36. The molecule has 2 aromatic carbocycles. The van der Waals surface area contributed by atoms with Gasteiger partial charge in [0.25, 0.3) is 10.0 Å². The summed E-state index contributed by atoms with van der Waals surface area (Å²) in [6.45, 7) is 0.575. The summed E-state index contributed by atoms with van der Waals surface area (Å²) in [5.41, 5.74) is 3.74. The van der Waals surface area contributed by atoms with Gasteiger partial charge in [-0.1, -0.05) is 35.3 Å². The number of hydrogen-bond donors (Lipinski definition) is 1. The number of rotatable bonds is 4. The van der Waals surface area contributed by atoms with Crippen molar-refractivity contribution >= 4 is 71.9 Å². The van der Waals surface area contributed by atoms with E-state index in [1.807, 2.05) is 0 Å². The minimum atomic E-state index is -3.92. The molecule has 0 unspecified atom stereocenters. The zero-order valence-electron chi connectivity index (χ0n) is 14.5. The molecule has 0 saturated carbocycles. The van der Waals surface area contributed by atoms with Crippen LogP contribution >= 0.6 is 50.5 Å². The summed E-state index contributed by atoms with van der Waals surface area (Å²) in [5.74, 6) is -0.270. The molecule has 0 spiro atoms. The predicted molar refractivity (Wildman–Crippen MR) is 120 cm³/mol. The molecule has 0 bridgehead atoms. The summed E-state index contributed by atoms with van der Waals surface area (Å²) in [4.78, 5) is 4.48. The van der Waals surface area contributed by atoms with Crippen LogP contribution in [0.25, 0.3) is 0 Å². The zero-order chi connectivity index (χ0) is 20.8. The van der Waals surface area contributed by atoms with E-state index in [1.54, 1.807) is 30.3 Å². The largest absolute Gasteiger partial charge is 0.284 e. The molecule has 0 fully saturated rings. The number of nitrogens with one attached hydrogen (secondary N) is 1. The highest BCUT2D eigenvalue weighted by Crippen LogP contribution is 2.43. The van der Waals surface area contributed by atoms with Crippen molar-refractivity contribution in [1.82, 2.24) is 0 Å². The van der Waals surface area contributed by atoms with E-state index in [0.29, 0.717) is 18.7 Å². The summed E-state index contributed by atoms with van der Waals surface area (Å²) in [7, 11) is -3.92. The van der Waals surface area contributed by atoms with Crippen LogP contribution in [-0.2, 0) is 16.4 Å². The van der Waals surface area contributed by atoms with Crippen molar-refractivity contribution in [3.05, 3.63) is 78.1 Å². The van der Waals surface area contributed by atoms with Crippen molar-refractivity contribution in [2.75, 3.05) is 11.3 Å². The third-order valence-corrected chi connectivity index (χ3v) is 9.23. The second-order valence-electron chi connectivity index (χ2n) is 6.26. The molecule has 0 radical (unpaired) electrons. The molecule has 1 aliphatic heterocycles. The van der Waals surface area contributed by atoms with Crippen molar-refractivity contribution in [1.29, 1.82) is 0 Å². The van der Waals surface area contributed by atoms with Crippen molar-refractivity contribution in [2.45, 2.75) is 11.3 Å². The summed E-state index contributed by atoms with van der Waals surface area (Å²) in [5, 5.41) is 0. The molecule has 0 amide bonds. The molecule has 1 N–H and O–H groups in total. The highest BCUT2D eigenvalue weighted by molar-refractivity contribution is 9.10. The zero-order valence-corrected chi connectivity index (χ0v) is 19.3. The summed E-state index contributed by atoms with van der Waals surface area (Å²) in [6.07, 6.45) is 0.688. The minimum Gasteiger partial charge on any atom is -0.284 e. The van der Waals surface area contributed by atoms with Gasteiger partial charge in [0.05, 0.1) is 10.2 Å². The van der Waals surface area contributed by atoms with E-state index < -0.39 is 10.0 Å². The quantitative estimate of drug-likeness (QED) is 0.437. The highest BCUT2D eigenvalue weighted by Gasteiger charge is 2.26. The van der Waals surface area contributed by atoms with Crippen LogP contribution in [0.3, 0.4) is 0 Å². The monoisotopic (exact) mass is 532 g/mol. The molecule has 0 atom stereocenters.